The van der Waals surface area contributed by atoms with E-state index in [9.17, 15) is 4.79 Å². The average molecular weight is 279 g/mol. The van der Waals surface area contributed by atoms with Crippen molar-refractivity contribution in [2.75, 3.05) is 14.1 Å². The van der Waals surface area contributed by atoms with Gasteiger partial charge in [-0.15, -0.1) is 0 Å². The van der Waals surface area contributed by atoms with Gasteiger partial charge in [0.2, 0.25) is 0 Å². The molecule has 0 radical (unpaired) electrons. The number of nitrogens with one attached hydrogen (secondary N) is 1. The van der Waals surface area contributed by atoms with Crippen molar-refractivity contribution >= 4 is 33.4 Å². The van der Waals surface area contributed by atoms with Crippen molar-refractivity contribution in [1.82, 2.24) is 15.4 Å². The normalized spacial score (nSPS) is 10.4. The molecule has 1 heterocycles. The minimum absolute atomic E-state index is 0.188. The van der Waals surface area contributed by atoms with E-state index < -0.39 is 0 Å². The van der Waals surface area contributed by atoms with Crippen molar-refractivity contribution in [3.05, 3.63) is 27.5 Å². The number of hydrogen-bond donors (Lipinski definition) is 1. The summed E-state index contributed by atoms with van der Waals surface area (Å²) in [5.74, 6) is -0.284. The number of pyridine rings is 1. The quantitative estimate of drug-likeness (QED) is 0.661. The second-order valence-corrected chi connectivity index (χ2v) is 4.10. The minimum atomic E-state index is -0.284. The van der Waals surface area contributed by atoms with Crippen LogP contribution in [0.25, 0.3) is 0 Å². The number of amides is 1. The summed E-state index contributed by atoms with van der Waals surface area (Å²) >= 11 is 8.98. The first kappa shape index (κ1) is 11.4. The first-order valence-corrected chi connectivity index (χ1v) is 4.97. The standard InChI is InChI=1S/C8H9BrClN3O/c1-13(2)12-8(14)6-3-5(9)4-11-7(6)10/h3-4H,1-2H3,(H,12,14). The molecule has 6 heteroatoms. The molecule has 1 N–H and O–H groups in total. The van der Waals surface area contributed by atoms with Gasteiger partial charge >= 0.3 is 0 Å². The van der Waals surface area contributed by atoms with Crippen LogP contribution in [0, 0.1) is 0 Å². The number of carbonyl (C=O) groups is 1. The summed E-state index contributed by atoms with van der Waals surface area (Å²) in [5.41, 5.74) is 2.92. The highest BCUT2D eigenvalue weighted by molar-refractivity contribution is 9.10. The summed E-state index contributed by atoms with van der Waals surface area (Å²) in [6.45, 7) is 0. The van der Waals surface area contributed by atoms with Crippen LogP contribution in [-0.4, -0.2) is 30.0 Å². The first-order valence-electron chi connectivity index (χ1n) is 3.80. The second-order valence-electron chi connectivity index (χ2n) is 2.83. The van der Waals surface area contributed by atoms with Crippen molar-refractivity contribution in [3.8, 4) is 0 Å². The van der Waals surface area contributed by atoms with Crippen molar-refractivity contribution in [2.45, 2.75) is 0 Å². The highest BCUT2D eigenvalue weighted by Gasteiger charge is 2.11. The van der Waals surface area contributed by atoms with Gasteiger partial charge in [-0.25, -0.2) is 9.99 Å². The fraction of sp³-hybridized carbons (Fsp3) is 0.250. The Morgan fingerprint density at radius 3 is 2.86 bits per heavy atom. The molecular weight excluding hydrogens is 269 g/mol. The highest BCUT2D eigenvalue weighted by Crippen LogP contribution is 2.17. The smallest absolute Gasteiger partial charge is 0.268 e. The van der Waals surface area contributed by atoms with E-state index in [1.54, 1.807) is 25.2 Å². The van der Waals surface area contributed by atoms with Gasteiger partial charge in [0.1, 0.15) is 5.15 Å². The molecule has 0 aliphatic carbocycles. The lowest BCUT2D eigenvalue weighted by Crippen LogP contribution is -2.36. The molecule has 1 aromatic rings. The van der Waals surface area contributed by atoms with Crippen LogP contribution in [0.15, 0.2) is 16.7 Å². The number of rotatable bonds is 2. The number of carbonyl (C=O) groups excluding carboxylic acids is 1. The van der Waals surface area contributed by atoms with Gasteiger partial charge in [-0.2, -0.15) is 0 Å². The summed E-state index contributed by atoms with van der Waals surface area (Å²) in [6, 6.07) is 1.62. The van der Waals surface area contributed by atoms with Crippen LogP contribution in [0.4, 0.5) is 0 Å². The number of hydrazine groups is 1. The Labute approximate surface area is 95.4 Å². The Hall–Kier alpha value is -0.650. The van der Waals surface area contributed by atoms with E-state index >= 15 is 0 Å². The zero-order valence-electron chi connectivity index (χ0n) is 7.71. The van der Waals surface area contributed by atoms with Gasteiger partial charge in [0.15, 0.2) is 0 Å². The maximum Gasteiger partial charge on any atom is 0.268 e. The van der Waals surface area contributed by atoms with E-state index in [2.05, 4.69) is 26.3 Å². The molecule has 1 aromatic heterocycles. The average Bonchev–Trinajstić information content (AvgIpc) is 2.08. The molecule has 0 aliphatic heterocycles. The predicted octanol–water partition coefficient (Wildman–Crippen LogP) is 1.70. The van der Waals surface area contributed by atoms with E-state index in [1.165, 1.54) is 6.20 Å². The minimum Gasteiger partial charge on any atom is -0.285 e. The van der Waals surface area contributed by atoms with Crippen molar-refractivity contribution in [2.24, 2.45) is 0 Å². The molecule has 0 fully saturated rings. The molecule has 0 aromatic carbocycles. The summed E-state index contributed by atoms with van der Waals surface area (Å²) in [6.07, 6.45) is 1.54. The van der Waals surface area contributed by atoms with Crippen LogP contribution in [0.3, 0.4) is 0 Å². The van der Waals surface area contributed by atoms with Crippen molar-refractivity contribution in [1.29, 1.82) is 0 Å². The van der Waals surface area contributed by atoms with Gasteiger partial charge in [0.25, 0.3) is 5.91 Å². The fourth-order valence-electron chi connectivity index (χ4n) is 0.845. The van der Waals surface area contributed by atoms with E-state index in [4.69, 9.17) is 11.6 Å². The predicted molar refractivity (Wildman–Crippen MR) is 58.1 cm³/mol. The second kappa shape index (κ2) is 4.72. The summed E-state index contributed by atoms with van der Waals surface area (Å²) in [7, 11) is 3.44. The maximum absolute atomic E-state index is 11.5. The van der Waals surface area contributed by atoms with Crippen molar-refractivity contribution in [3.63, 3.8) is 0 Å². The molecule has 0 atom stereocenters. The Bertz CT molecular complexity index is 356. The molecule has 0 aliphatic rings. The van der Waals surface area contributed by atoms with E-state index in [0.717, 1.165) is 0 Å². The van der Waals surface area contributed by atoms with Crippen LogP contribution in [0.2, 0.25) is 5.15 Å². The van der Waals surface area contributed by atoms with E-state index in [0.29, 0.717) is 10.0 Å². The van der Waals surface area contributed by atoms with Crippen LogP contribution in [-0.2, 0) is 0 Å². The number of halogens is 2. The molecule has 0 saturated carbocycles. The molecule has 1 rings (SSSR count). The van der Waals surface area contributed by atoms with Gasteiger partial charge < -0.3 is 0 Å². The number of aromatic nitrogens is 1. The number of nitrogens with zero attached hydrogens (tertiary/aromatic N) is 2. The fourth-order valence-corrected chi connectivity index (χ4v) is 1.37. The van der Waals surface area contributed by atoms with E-state index in [-0.39, 0.29) is 11.1 Å². The molecule has 14 heavy (non-hydrogen) atoms. The van der Waals surface area contributed by atoms with E-state index in [1.807, 2.05) is 0 Å². The van der Waals surface area contributed by atoms with Gasteiger partial charge in [-0.1, -0.05) is 11.6 Å². The topological polar surface area (TPSA) is 45.2 Å². The Balaban J connectivity index is 2.94. The van der Waals surface area contributed by atoms with Crippen LogP contribution in [0.1, 0.15) is 10.4 Å². The molecular formula is C8H9BrClN3O. The Morgan fingerprint density at radius 2 is 2.29 bits per heavy atom. The molecule has 4 nitrogen and oxygen atoms in total. The SMILES string of the molecule is CN(C)NC(=O)c1cc(Br)cnc1Cl. The van der Waals surface area contributed by atoms with Crippen LogP contribution < -0.4 is 5.43 Å². The largest absolute Gasteiger partial charge is 0.285 e. The van der Waals surface area contributed by atoms with Crippen LogP contribution in [0.5, 0.6) is 0 Å². The third kappa shape index (κ3) is 2.94. The maximum atomic E-state index is 11.5. The third-order valence-electron chi connectivity index (χ3n) is 1.38. The van der Waals surface area contributed by atoms with Gasteiger partial charge in [-0.05, 0) is 22.0 Å². The Morgan fingerprint density at radius 1 is 1.64 bits per heavy atom. The van der Waals surface area contributed by atoms with Gasteiger partial charge in [0, 0.05) is 24.8 Å². The lowest BCUT2D eigenvalue weighted by molar-refractivity contribution is 0.0856. The molecule has 1 amide bonds. The zero-order valence-corrected chi connectivity index (χ0v) is 10.1. The molecule has 0 unspecified atom stereocenters. The van der Waals surface area contributed by atoms with Gasteiger partial charge in [0.05, 0.1) is 5.56 Å². The lowest BCUT2D eigenvalue weighted by atomic mass is 10.3. The summed E-state index contributed by atoms with van der Waals surface area (Å²) in [5, 5.41) is 1.73. The summed E-state index contributed by atoms with van der Waals surface area (Å²) < 4.78 is 0.714. The van der Waals surface area contributed by atoms with Crippen LogP contribution >= 0.6 is 27.5 Å². The zero-order chi connectivity index (χ0) is 10.7. The Kier molecular flexibility index (Phi) is 3.86. The van der Waals surface area contributed by atoms with Gasteiger partial charge in [-0.3, -0.25) is 10.2 Å². The van der Waals surface area contributed by atoms with Crippen molar-refractivity contribution < 1.29 is 4.79 Å². The molecule has 0 bridgehead atoms. The summed E-state index contributed by atoms with van der Waals surface area (Å²) in [4.78, 5) is 15.4. The number of hydrogen-bond acceptors (Lipinski definition) is 3. The molecule has 0 saturated heterocycles. The lowest BCUT2D eigenvalue weighted by Gasteiger charge is -2.12. The first-order chi connectivity index (χ1) is 6.50. The monoisotopic (exact) mass is 277 g/mol. The molecule has 0 spiro atoms. The molecule has 76 valence electrons. The highest BCUT2D eigenvalue weighted by atomic mass is 79.9. The third-order valence-corrected chi connectivity index (χ3v) is 2.11.